The first-order chi connectivity index (χ1) is 8.33. The minimum absolute atomic E-state index is 0.744. The van der Waals surface area contributed by atoms with Crippen LogP contribution in [0.4, 0.5) is 5.95 Å². The normalized spacial score (nSPS) is 19.9. The summed E-state index contributed by atoms with van der Waals surface area (Å²) in [7, 11) is 2.11. The second kappa shape index (κ2) is 4.37. The lowest BCUT2D eigenvalue weighted by Gasteiger charge is -2.19. The number of anilines is 1. The summed E-state index contributed by atoms with van der Waals surface area (Å²) in [6.07, 6.45) is 1.27. The molecule has 1 aliphatic rings. The number of hydrogen-bond donors (Lipinski definition) is 2. The summed E-state index contributed by atoms with van der Waals surface area (Å²) in [6, 6.07) is 8.16. The molecule has 4 nitrogen and oxygen atoms in total. The van der Waals surface area contributed by atoms with Crippen LogP contribution in [0.5, 0.6) is 0 Å². The highest BCUT2D eigenvalue weighted by Gasteiger charge is 2.17. The number of H-pyrrole nitrogens is 1. The van der Waals surface area contributed by atoms with Gasteiger partial charge in [0.05, 0.1) is 11.0 Å². The van der Waals surface area contributed by atoms with Gasteiger partial charge in [0.1, 0.15) is 0 Å². The Morgan fingerprint density at radius 2 is 2.29 bits per heavy atom. The summed E-state index contributed by atoms with van der Waals surface area (Å²) in [6.45, 7) is 3.34. The maximum absolute atomic E-state index is 4.60. The molecule has 0 spiro atoms. The highest BCUT2D eigenvalue weighted by atomic mass is 15.2. The van der Waals surface area contributed by atoms with E-state index >= 15 is 0 Å². The quantitative estimate of drug-likeness (QED) is 0.842. The van der Waals surface area contributed by atoms with Crippen molar-refractivity contribution in [2.45, 2.75) is 6.42 Å². The molecule has 0 bridgehead atoms. The van der Waals surface area contributed by atoms with Gasteiger partial charge < -0.3 is 15.2 Å². The van der Waals surface area contributed by atoms with Crippen molar-refractivity contribution in [1.29, 1.82) is 0 Å². The Hall–Kier alpha value is -1.55. The lowest BCUT2D eigenvalue weighted by Crippen LogP contribution is -2.27. The molecule has 0 aliphatic carbocycles. The number of rotatable bonds is 3. The van der Waals surface area contributed by atoms with Crippen LogP contribution < -0.4 is 10.2 Å². The maximum atomic E-state index is 4.60. The van der Waals surface area contributed by atoms with Gasteiger partial charge in [-0.05, 0) is 37.6 Å². The number of fused-ring (bicyclic) bond motifs is 1. The van der Waals surface area contributed by atoms with E-state index in [1.165, 1.54) is 6.42 Å². The van der Waals surface area contributed by atoms with Gasteiger partial charge in [0.15, 0.2) is 0 Å². The summed E-state index contributed by atoms with van der Waals surface area (Å²) in [5.41, 5.74) is 2.15. The zero-order valence-electron chi connectivity index (χ0n) is 10.1. The fraction of sp³-hybridized carbons (Fsp3) is 0.462. The topological polar surface area (TPSA) is 44.0 Å². The largest absolute Gasteiger partial charge is 0.345 e. The first-order valence-corrected chi connectivity index (χ1v) is 6.19. The van der Waals surface area contributed by atoms with Gasteiger partial charge in [-0.3, -0.25) is 0 Å². The van der Waals surface area contributed by atoms with E-state index in [1.807, 2.05) is 18.2 Å². The predicted octanol–water partition coefficient (Wildman–Crippen LogP) is 1.61. The molecule has 0 amide bonds. The van der Waals surface area contributed by atoms with Crippen molar-refractivity contribution >= 4 is 17.0 Å². The van der Waals surface area contributed by atoms with Gasteiger partial charge in [0.25, 0.3) is 0 Å². The molecular formula is C13H18N4. The Morgan fingerprint density at radius 3 is 3.06 bits per heavy atom. The molecule has 0 unspecified atom stereocenters. The summed E-state index contributed by atoms with van der Waals surface area (Å²) >= 11 is 0. The van der Waals surface area contributed by atoms with Crippen LogP contribution in [0.2, 0.25) is 0 Å². The zero-order valence-corrected chi connectivity index (χ0v) is 10.1. The van der Waals surface area contributed by atoms with Crippen LogP contribution in [-0.4, -0.2) is 36.6 Å². The molecule has 4 heteroatoms. The smallest absolute Gasteiger partial charge is 0.203 e. The van der Waals surface area contributed by atoms with E-state index in [-0.39, 0.29) is 0 Å². The molecule has 1 aliphatic heterocycles. The summed E-state index contributed by atoms with van der Waals surface area (Å²) in [5.74, 6) is 1.71. The number of imidazole rings is 1. The van der Waals surface area contributed by atoms with Crippen LogP contribution in [0.3, 0.4) is 0 Å². The molecule has 2 N–H and O–H groups in total. The molecular weight excluding hydrogens is 212 g/mol. The van der Waals surface area contributed by atoms with Crippen molar-refractivity contribution in [1.82, 2.24) is 15.3 Å². The Morgan fingerprint density at radius 1 is 1.41 bits per heavy atom. The van der Waals surface area contributed by atoms with Gasteiger partial charge in [-0.1, -0.05) is 12.1 Å². The first kappa shape index (κ1) is 10.6. The number of aromatic amines is 1. The summed E-state index contributed by atoms with van der Waals surface area (Å²) < 4.78 is 0. The number of para-hydroxylation sites is 2. The fourth-order valence-electron chi connectivity index (χ4n) is 2.46. The molecule has 1 aromatic carbocycles. The monoisotopic (exact) mass is 230 g/mol. The van der Waals surface area contributed by atoms with Gasteiger partial charge in [-0.2, -0.15) is 0 Å². The van der Waals surface area contributed by atoms with Crippen LogP contribution in [0, 0.1) is 5.92 Å². The van der Waals surface area contributed by atoms with E-state index in [9.17, 15) is 0 Å². The van der Waals surface area contributed by atoms with Crippen LogP contribution in [-0.2, 0) is 0 Å². The van der Waals surface area contributed by atoms with Crippen molar-refractivity contribution in [2.24, 2.45) is 5.92 Å². The molecule has 90 valence electrons. The van der Waals surface area contributed by atoms with Crippen molar-refractivity contribution in [2.75, 3.05) is 31.6 Å². The highest BCUT2D eigenvalue weighted by Crippen LogP contribution is 2.18. The highest BCUT2D eigenvalue weighted by molar-refractivity contribution is 5.77. The lowest BCUT2D eigenvalue weighted by molar-refractivity contribution is 0.574. The molecule has 0 saturated carbocycles. The molecule has 1 aromatic heterocycles. The average Bonchev–Trinajstić information content (AvgIpc) is 2.96. The van der Waals surface area contributed by atoms with E-state index in [4.69, 9.17) is 0 Å². The minimum Gasteiger partial charge on any atom is -0.345 e. The Labute approximate surface area is 101 Å². The molecule has 3 rings (SSSR count). The minimum atomic E-state index is 0.744. The van der Waals surface area contributed by atoms with Crippen molar-refractivity contribution in [3.8, 4) is 0 Å². The van der Waals surface area contributed by atoms with Gasteiger partial charge >= 0.3 is 0 Å². The van der Waals surface area contributed by atoms with Gasteiger partial charge in [-0.15, -0.1) is 0 Å². The third-order valence-corrected chi connectivity index (χ3v) is 3.43. The molecule has 1 fully saturated rings. The van der Waals surface area contributed by atoms with E-state index in [2.05, 4.69) is 33.3 Å². The fourth-order valence-corrected chi connectivity index (χ4v) is 2.46. The second-order valence-corrected chi connectivity index (χ2v) is 4.82. The average molecular weight is 230 g/mol. The lowest BCUT2D eigenvalue weighted by atomic mass is 10.1. The van der Waals surface area contributed by atoms with Gasteiger partial charge in [-0.25, -0.2) is 4.98 Å². The van der Waals surface area contributed by atoms with E-state index < -0.39 is 0 Å². The van der Waals surface area contributed by atoms with Crippen LogP contribution >= 0.6 is 0 Å². The molecule has 0 radical (unpaired) electrons. The van der Waals surface area contributed by atoms with Crippen molar-refractivity contribution < 1.29 is 0 Å². The van der Waals surface area contributed by atoms with E-state index in [0.29, 0.717) is 0 Å². The maximum Gasteiger partial charge on any atom is 0.203 e. The number of nitrogens with zero attached hydrogens (tertiary/aromatic N) is 2. The van der Waals surface area contributed by atoms with Gasteiger partial charge in [0.2, 0.25) is 5.95 Å². The molecule has 2 heterocycles. The van der Waals surface area contributed by atoms with Crippen molar-refractivity contribution in [3.05, 3.63) is 24.3 Å². The molecule has 1 saturated heterocycles. The zero-order chi connectivity index (χ0) is 11.7. The number of benzene rings is 1. The van der Waals surface area contributed by atoms with Crippen LogP contribution in [0.1, 0.15) is 6.42 Å². The van der Waals surface area contributed by atoms with Crippen molar-refractivity contribution in [3.63, 3.8) is 0 Å². The summed E-state index contributed by atoms with van der Waals surface area (Å²) in [5, 5.41) is 3.40. The first-order valence-electron chi connectivity index (χ1n) is 6.19. The number of aromatic nitrogens is 2. The Kier molecular flexibility index (Phi) is 2.73. The third-order valence-electron chi connectivity index (χ3n) is 3.43. The standard InChI is InChI=1S/C13H18N4/c1-17(9-10-6-7-14-8-10)13-15-11-4-2-3-5-12(11)16-13/h2-5,10,14H,6-9H2,1H3,(H,15,16)/t10-/m1/s1. The second-order valence-electron chi connectivity index (χ2n) is 4.82. The number of hydrogen-bond acceptors (Lipinski definition) is 3. The SMILES string of the molecule is CN(C[C@@H]1CCNC1)c1nc2ccccc2[nH]1. The number of nitrogens with one attached hydrogen (secondary N) is 2. The molecule has 17 heavy (non-hydrogen) atoms. The van der Waals surface area contributed by atoms with Gasteiger partial charge in [0, 0.05) is 13.6 Å². The van der Waals surface area contributed by atoms with Crippen LogP contribution in [0.15, 0.2) is 24.3 Å². The predicted molar refractivity (Wildman–Crippen MR) is 70.3 cm³/mol. The molecule has 1 atom stereocenters. The molecule has 2 aromatic rings. The van der Waals surface area contributed by atoms with Crippen LogP contribution in [0.25, 0.3) is 11.0 Å². The van der Waals surface area contributed by atoms with E-state index in [0.717, 1.165) is 42.5 Å². The summed E-state index contributed by atoms with van der Waals surface area (Å²) in [4.78, 5) is 10.2. The Bertz CT molecular complexity index is 466. The van der Waals surface area contributed by atoms with E-state index in [1.54, 1.807) is 0 Å². The third kappa shape index (κ3) is 2.13. The Balaban J connectivity index is 1.77.